The molecule has 1 rings (SSSR count). The Hall–Kier alpha value is -2.52. The molecule has 9 heteroatoms. The standard InChI is InChI=1S/C18H24FN3O4S/c1-12(11-20)27-14(3)21-18(24)13(2)15-6-8-16(9-7-15)25-10-4-5-17(23)22-26-19/h6-9,11,13H,3-5,10,20H2,1-2H3,(H,21,24)(H,22,23)/b12-11-. The Morgan fingerprint density at radius 3 is 2.63 bits per heavy atom. The van der Waals surface area contributed by atoms with Gasteiger partial charge in [0.1, 0.15) is 5.75 Å². The van der Waals surface area contributed by atoms with E-state index in [4.69, 9.17) is 10.5 Å². The largest absolute Gasteiger partial charge is 0.494 e. The molecule has 0 saturated carbocycles. The quantitative estimate of drug-likeness (QED) is 0.392. The molecule has 0 aliphatic carbocycles. The number of amides is 2. The molecule has 0 fully saturated rings. The topological polar surface area (TPSA) is 103 Å². The number of carbonyl (C=O) groups excluding carboxylic acids is 2. The first-order chi connectivity index (χ1) is 12.9. The lowest BCUT2D eigenvalue weighted by Crippen LogP contribution is -2.26. The Labute approximate surface area is 162 Å². The van der Waals surface area contributed by atoms with Crippen molar-refractivity contribution in [1.29, 1.82) is 0 Å². The van der Waals surface area contributed by atoms with Gasteiger partial charge in [-0.05, 0) is 42.5 Å². The Balaban J connectivity index is 2.46. The summed E-state index contributed by atoms with van der Waals surface area (Å²) in [7, 11) is 0. The second-order valence-electron chi connectivity index (χ2n) is 5.64. The summed E-state index contributed by atoms with van der Waals surface area (Å²) in [6.45, 7) is 7.70. The van der Waals surface area contributed by atoms with E-state index in [0.717, 1.165) is 10.5 Å². The average Bonchev–Trinajstić information content (AvgIpc) is 2.65. The molecule has 0 spiro atoms. The van der Waals surface area contributed by atoms with Crippen molar-refractivity contribution in [2.75, 3.05) is 6.61 Å². The van der Waals surface area contributed by atoms with Gasteiger partial charge in [0.25, 0.3) is 0 Å². The molecule has 27 heavy (non-hydrogen) atoms. The van der Waals surface area contributed by atoms with Crippen LogP contribution < -0.4 is 21.3 Å². The lowest BCUT2D eigenvalue weighted by Gasteiger charge is -2.14. The van der Waals surface area contributed by atoms with Crippen LogP contribution in [0.25, 0.3) is 0 Å². The van der Waals surface area contributed by atoms with Gasteiger partial charge in [0.2, 0.25) is 11.8 Å². The average molecular weight is 397 g/mol. The van der Waals surface area contributed by atoms with Crippen molar-refractivity contribution in [3.05, 3.63) is 52.5 Å². The summed E-state index contributed by atoms with van der Waals surface area (Å²) in [5.74, 6) is -0.500. The van der Waals surface area contributed by atoms with Gasteiger partial charge in [0.05, 0.1) is 17.6 Å². The zero-order chi connectivity index (χ0) is 20.2. The van der Waals surface area contributed by atoms with Gasteiger partial charge in [-0.3, -0.25) is 9.59 Å². The van der Waals surface area contributed by atoms with E-state index < -0.39 is 5.91 Å². The fourth-order valence-electron chi connectivity index (χ4n) is 2.02. The summed E-state index contributed by atoms with van der Waals surface area (Å²) in [5, 5.41) is 6.29. The minimum atomic E-state index is -0.562. The molecular weight excluding hydrogens is 373 g/mol. The van der Waals surface area contributed by atoms with Gasteiger partial charge in [-0.15, -0.1) is 0 Å². The summed E-state index contributed by atoms with van der Waals surface area (Å²) in [4.78, 5) is 24.1. The van der Waals surface area contributed by atoms with Crippen LogP contribution in [0, 0.1) is 0 Å². The molecule has 1 unspecified atom stereocenters. The number of halogens is 1. The number of carbonyl (C=O) groups is 2. The molecule has 148 valence electrons. The van der Waals surface area contributed by atoms with Crippen LogP contribution in [0.4, 0.5) is 4.53 Å². The predicted molar refractivity (Wildman–Crippen MR) is 103 cm³/mol. The van der Waals surface area contributed by atoms with E-state index in [1.165, 1.54) is 18.0 Å². The van der Waals surface area contributed by atoms with E-state index in [9.17, 15) is 14.1 Å². The summed E-state index contributed by atoms with van der Waals surface area (Å²) in [5.41, 5.74) is 7.81. The molecule has 0 aliphatic heterocycles. The lowest BCUT2D eigenvalue weighted by atomic mass is 10.0. The highest BCUT2D eigenvalue weighted by atomic mass is 32.2. The van der Waals surface area contributed by atoms with E-state index in [-0.39, 0.29) is 18.2 Å². The van der Waals surface area contributed by atoms with Crippen molar-refractivity contribution in [3.8, 4) is 5.75 Å². The van der Waals surface area contributed by atoms with Crippen LogP contribution >= 0.6 is 11.8 Å². The zero-order valence-electron chi connectivity index (χ0n) is 15.3. The number of hydroxylamine groups is 1. The highest BCUT2D eigenvalue weighted by Crippen LogP contribution is 2.23. The van der Waals surface area contributed by atoms with Crippen LogP contribution in [0.2, 0.25) is 0 Å². The number of allylic oxidation sites excluding steroid dienone is 1. The Kier molecular flexibility index (Phi) is 9.99. The Bertz CT molecular complexity index is 680. The Morgan fingerprint density at radius 1 is 1.37 bits per heavy atom. The first-order valence-corrected chi connectivity index (χ1v) is 9.04. The van der Waals surface area contributed by atoms with Gasteiger partial charge in [0.15, 0.2) is 0 Å². The lowest BCUT2D eigenvalue weighted by molar-refractivity contribution is -0.198. The highest BCUT2D eigenvalue weighted by Gasteiger charge is 2.16. The molecule has 2 amide bonds. The summed E-state index contributed by atoms with van der Waals surface area (Å²) in [6, 6.07) is 7.08. The SMILES string of the molecule is C=C(NC(=O)C(C)c1ccc(OCCCC(=O)NOF)cc1)S/C(C)=C\N. The number of hydrogen-bond acceptors (Lipinski definition) is 6. The molecule has 4 N–H and O–H groups in total. The van der Waals surface area contributed by atoms with Crippen molar-refractivity contribution in [3.63, 3.8) is 0 Å². The van der Waals surface area contributed by atoms with Crippen molar-refractivity contribution < 1.29 is 23.9 Å². The van der Waals surface area contributed by atoms with Crippen molar-refractivity contribution in [1.82, 2.24) is 10.8 Å². The minimum Gasteiger partial charge on any atom is -0.494 e. The maximum atomic E-state index is 12.3. The fourth-order valence-corrected chi connectivity index (χ4v) is 2.63. The monoisotopic (exact) mass is 397 g/mol. The number of nitrogens with one attached hydrogen (secondary N) is 2. The third-order valence-electron chi connectivity index (χ3n) is 3.52. The number of rotatable bonds is 11. The molecule has 1 atom stereocenters. The van der Waals surface area contributed by atoms with E-state index in [0.29, 0.717) is 23.8 Å². The second-order valence-corrected chi connectivity index (χ2v) is 6.98. The molecule has 0 aliphatic rings. The fraction of sp³-hybridized carbons (Fsp3) is 0.333. The Morgan fingerprint density at radius 2 is 2.04 bits per heavy atom. The molecule has 0 aromatic heterocycles. The van der Waals surface area contributed by atoms with Gasteiger partial charge in [-0.1, -0.05) is 35.5 Å². The number of hydrogen-bond donors (Lipinski definition) is 3. The number of nitrogens with two attached hydrogens (primary N) is 1. The third-order valence-corrected chi connectivity index (χ3v) is 4.33. The van der Waals surface area contributed by atoms with Crippen molar-refractivity contribution >= 4 is 23.6 Å². The third kappa shape index (κ3) is 8.61. The van der Waals surface area contributed by atoms with Crippen molar-refractivity contribution in [2.45, 2.75) is 32.6 Å². The van der Waals surface area contributed by atoms with Gasteiger partial charge in [0, 0.05) is 17.5 Å². The molecule has 0 saturated heterocycles. The second kappa shape index (κ2) is 12.0. The first-order valence-electron chi connectivity index (χ1n) is 8.22. The van der Waals surface area contributed by atoms with Gasteiger partial charge in [-0.2, -0.15) is 5.48 Å². The van der Waals surface area contributed by atoms with Crippen LogP contribution in [0.5, 0.6) is 5.75 Å². The summed E-state index contributed by atoms with van der Waals surface area (Å²) in [6.07, 6.45) is 1.94. The molecule has 1 aromatic rings. The number of thioether (sulfide) groups is 1. The molecule has 0 radical (unpaired) electrons. The number of benzene rings is 1. The van der Waals surface area contributed by atoms with E-state index >= 15 is 0 Å². The normalized spacial score (nSPS) is 12.2. The molecule has 7 nitrogen and oxygen atoms in total. The van der Waals surface area contributed by atoms with Crippen LogP contribution in [0.3, 0.4) is 0 Å². The van der Waals surface area contributed by atoms with Crippen molar-refractivity contribution in [2.24, 2.45) is 5.73 Å². The van der Waals surface area contributed by atoms with Gasteiger partial charge in [-0.25, -0.2) is 0 Å². The van der Waals surface area contributed by atoms with Crippen LogP contribution in [0.15, 0.2) is 47.0 Å². The smallest absolute Gasteiger partial charge is 0.246 e. The van der Waals surface area contributed by atoms with Gasteiger partial charge >= 0.3 is 0 Å². The minimum absolute atomic E-state index is 0.0833. The maximum Gasteiger partial charge on any atom is 0.246 e. The summed E-state index contributed by atoms with van der Waals surface area (Å²) < 4.78 is 16.9. The molecule has 0 heterocycles. The first kappa shape index (κ1) is 22.5. The van der Waals surface area contributed by atoms with Crippen LogP contribution in [-0.2, 0) is 14.6 Å². The number of ether oxygens (including phenoxy) is 1. The summed E-state index contributed by atoms with van der Waals surface area (Å²) >= 11 is 1.29. The predicted octanol–water partition coefficient (Wildman–Crippen LogP) is 3.02. The zero-order valence-corrected chi connectivity index (χ0v) is 16.1. The maximum absolute atomic E-state index is 12.3. The highest BCUT2D eigenvalue weighted by molar-refractivity contribution is 8.06. The van der Waals surface area contributed by atoms with E-state index in [1.54, 1.807) is 36.7 Å². The van der Waals surface area contributed by atoms with Crippen LogP contribution in [0.1, 0.15) is 38.2 Å². The molecule has 0 bridgehead atoms. The molecular formula is C18H24FN3O4S. The van der Waals surface area contributed by atoms with Gasteiger partial charge < -0.3 is 15.8 Å². The van der Waals surface area contributed by atoms with Crippen LogP contribution in [-0.4, -0.2) is 18.4 Å². The van der Waals surface area contributed by atoms with E-state index in [2.05, 4.69) is 16.9 Å². The van der Waals surface area contributed by atoms with E-state index in [1.807, 2.05) is 6.92 Å². The molecule has 1 aromatic carbocycles.